The van der Waals surface area contributed by atoms with E-state index in [9.17, 15) is 18.0 Å². The normalized spacial score (nSPS) is 11.6. The second-order valence-corrected chi connectivity index (χ2v) is 3.84. The van der Waals surface area contributed by atoms with Gasteiger partial charge in [0, 0.05) is 19.3 Å². The summed E-state index contributed by atoms with van der Waals surface area (Å²) in [6.07, 6.45) is -2.90. The van der Waals surface area contributed by atoms with Crippen LogP contribution in [0.5, 0.6) is 0 Å². The van der Waals surface area contributed by atoms with Crippen LogP contribution in [-0.2, 0) is 11.3 Å². The Bertz CT molecular complexity index is 383. The Morgan fingerprint density at radius 1 is 1.59 bits per heavy atom. The maximum absolute atomic E-state index is 11.8. The fourth-order valence-corrected chi connectivity index (χ4v) is 1.30. The second-order valence-electron chi connectivity index (χ2n) is 3.43. The van der Waals surface area contributed by atoms with Crippen molar-refractivity contribution in [1.29, 1.82) is 0 Å². The van der Waals surface area contributed by atoms with E-state index in [0.717, 1.165) is 0 Å². The zero-order chi connectivity index (χ0) is 13.1. The Balaban J connectivity index is 2.27. The van der Waals surface area contributed by atoms with Gasteiger partial charge < -0.3 is 5.32 Å². The van der Waals surface area contributed by atoms with Gasteiger partial charge in [-0.05, 0) is 13.3 Å². The van der Waals surface area contributed by atoms with Crippen LogP contribution in [0.15, 0.2) is 6.20 Å². The number of hydrogen-bond acceptors (Lipinski definition) is 2. The molecule has 1 rings (SSSR count). The van der Waals surface area contributed by atoms with Crippen LogP contribution in [0.2, 0.25) is 5.02 Å². The van der Waals surface area contributed by atoms with E-state index in [2.05, 4.69) is 5.10 Å². The van der Waals surface area contributed by atoms with Gasteiger partial charge in [0.15, 0.2) is 0 Å². The SMILES string of the molecule is Cc1nn(CCCNC(=O)C(F)(F)F)cc1Cl. The topological polar surface area (TPSA) is 46.9 Å². The van der Waals surface area contributed by atoms with E-state index in [-0.39, 0.29) is 6.54 Å². The molecule has 1 amide bonds. The van der Waals surface area contributed by atoms with Crippen molar-refractivity contribution in [2.45, 2.75) is 26.1 Å². The number of carbonyl (C=O) groups excluding carboxylic acids is 1. The molecule has 0 saturated carbocycles. The van der Waals surface area contributed by atoms with Crippen LogP contribution in [0.25, 0.3) is 0 Å². The molecule has 8 heteroatoms. The standard InChI is InChI=1S/C9H11ClF3N3O/c1-6-7(10)5-16(15-6)4-2-3-14-8(17)9(11,12)13/h5H,2-4H2,1H3,(H,14,17). The molecule has 0 aliphatic carbocycles. The van der Waals surface area contributed by atoms with Gasteiger partial charge in [0.25, 0.3) is 0 Å². The monoisotopic (exact) mass is 269 g/mol. The molecular weight excluding hydrogens is 259 g/mol. The number of halogens is 4. The summed E-state index contributed by atoms with van der Waals surface area (Å²) in [6, 6.07) is 0. The number of alkyl halides is 3. The highest BCUT2D eigenvalue weighted by atomic mass is 35.5. The average Bonchev–Trinajstić information content (AvgIpc) is 2.51. The third kappa shape index (κ3) is 4.26. The van der Waals surface area contributed by atoms with Crippen LogP contribution in [-0.4, -0.2) is 28.4 Å². The maximum Gasteiger partial charge on any atom is 0.471 e. The largest absolute Gasteiger partial charge is 0.471 e. The molecule has 1 heterocycles. The van der Waals surface area contributed by atoms with Crippen molar-refractivity contribution in [3.63, 3.8) is 0 Å². The Labute approximate surface area is 101 Å². The van der Waals surface area contributed by atoms with Crippen LogP contribution in [0.1, 0.15) is 12.1 Å². The summed E-state index contributed by atoms with van der Waals surface area (Å²) in [5, 5.41) is 6.31. The number of rotatable bonds is 4. The first-order chi connectivity index (χ1) is 7.80. The van der Waals surface area contributed by atoms with Crippen LogP contribution in [0.4, 0.5) is 13.2 Å². The number of amides is 1. The zero-order valence-electron chi connectivity index (χ0n) is 9.01. The van der Waals surface area contributed by atoms with Gasteiger partial charge in [0.1, 0.15) is 0 Å². The maximum atomic E-state index is 11.8. The molecule has 0 aliphatic rings. The second kappa shape index (κ2) is 5.39. The minimum absolute atomic E-state index is 0.0606. The van der Waals surface area contributed by atoms with E-state index >= 15 is 0 Å². The van der Waals surface area contributed by atoms with Gasteiger partial charge in [-0.15, -0.1) is 0 Å². The lowest BCUT2D eigenvalue weighted by Gasteiger charge is -2.07. The Hall–Kier alpha value is -1.24. The summed E-state index contributed by atoms with van der Waals surface area (Å²) in [5.41, 5.74) is 0.658. The molecule has 0 unspecified atom stereocenters. The van der Waals surface area contributed by atoms with Crippen LogP contribution >= 0.6 is 11.6 Å². The lowest BCUT2D eigenvalue weighted by molar-refractivity contribution is -0.173. The first-order valence-electron chi connectivity index (χ1n) is 4.85. The van der Waals surface area contributed by atoms with Crippen molar-refractivity contribution in [3.8, 4) is 0 Å². The predicted molar refractivity (Wildman–Crippen MR) is 55.7 cm³/mol. The highest BCUT2D eigenvalue weighted by Gasteiger charge is 2.38. The molecule has 1 aromatic rings. The smallest absolute Gasteiger partial charge is 0.348 e. The van der Waals surface area contributed by atoms with Gasteiger partial charge in [0.05, 0.1) is 10.7 Å². The molecule has 0 bridgehead atoms. The van der Waals surface area contributed by atoms with E-state index in [1.807, 2.05) is 0 Å². The highest BCUT2D eigenvalue weighted by Crippen LogP contribution is 2.14. The molecule has 17 heavy (non-hydrogen) atoms. The molecule has 0 radical (unpaired) electrons. The zero-order valence-corrected chi connectivity index (χ0v) is 9.77. The molecule has 96 valence electrons. The van der Waals surface area contributed by atoms with Gasteiger partial charge in [0.2, 0.25) is 0 Å². The van der Waals surface area contributed by atoms with Gasteiger partial charge in [-0.25, -0.2) is 0 Å². The third-order valence-electron chi connectivity index (χ3n) is 1.99. The molecule has 1 aromatic heterocycles. The van der Waals surface area contributed by atoms with Gasteiger partial charge >= 0.3 is 12.1 Å². The van der Waals surface area contributed by atoms with Crippen LogP contribution in [0, 0.1) is 6.92 Å². The fourth-order valence-electron chi connectivity index (χ4n) is 1.15. The lowest BCUT2D eigenvalue weighted by Crippen LogP contribution is -2.37. The molecule has 0 atom stereocenters. The molecule has 0 aliphatic heterocycles. The number of aryl methyl sites for hydroxylation is 2. The first-order valence-corrected chi connectivity index (χ1v) is 5.23. The quantitative estimate of drug-likeness (QED) is 0.849. The molecule has 4 nitrogen and oxygen atoms in total. The summed E-state index contributed by atoms with van der Waals surface area (Å²) < 4.78 is 37.0. The molecular formula is C9H11ClF3N3O. The third-order valence-corrected chi connectivity index (χ3v) is 2.36. The summed E-state index contributed by atoms with van der Waals surface area (Å²) in [6.45, 7) is 2.06. The molecule has 0 saturated heterocycles. The average molecular weight is 270 g/mol. The predicted octanol–water partition coefficient (Wildman–Crippen LogP) is 1.91. The lowest BCUT2D eigenvalue weighted by atomic mass is 10.4. The summed E-state index contributed by atoms with van der Waals surface area (Å²) in [5.74, 6) is -1.92. The van der Waals surface area contributed by atoms with Gasteiger partial charge in [-0.2, -0.15) is 18.3 Å². The van der Waals surface area contributed by atoms with Crippen molar-refractivity contribution < 1.29 is 18.0 Å². The van der Waals surface area contributed by atoms with Crippen molar-refractivity contribution in [2.75, 3.05) is 6.54 Å². The van der Waals surface area contributed by atoms with E-state index in [4.69, 9.17) is 11.6 Å². The van der Waals surface area contributed by atoms with Crippen molar-refractivity contribution in [3.05, 3.63) is 16.9 Å². The minimum Gasteiger partial charge on any atom is -0.348 e. The summed E-state index contributed by atoms with van der Waals surface area (Å²) in [7, 11) is 0. The summed E-state index contributed by atoms with van der Waals surface area (Å²) in [4.78, 5) is 10.5. The van der Waals surface area contributed by atoms with Crippen molar-refractivity contribution in [2.24, 2.45) is 0 Å². The van der Waals surface area contributed by atoms with Crippen LogP contribution < -0.4 is 5.32 Å². The minimum atomic E-state index is -4.83. The summed E-state index contributed by atoms with van der Waals surface area (Å²) >= 11 is 5.75. The van der Waals surface area contributed by atoms with Gasteiger partial charge in [-0.3, -0.25) is 9.48 Å². The molecule has 1 N–H and O–H groups in total. The molecule has 0 aromatic carbocycles. The van der Waals surface area contributed by atoms with Gasteiger partial charge in [-0.1, -0.05) is 11.6 Å². The number of nitrogens with one attached hydrogen (secondary N) is 1. The van der Waals surface area contributed by atoms with Crippen molar-refractivity contribution in [1.82, 2.24) is 15.1 Å². The van der Waals surface area contributed by atoms with E-state index in [0.29, 0.717) is 23.7 Å². The van der Waals surface area contributed by atoms with Crippen LogP contribution in [0.3, 0.4) is 0 Å². The fraction of sp³-hybridized carbons (Fsp3) is 0.556. The molecule has 0 spiro atoms. The first kappa shape index (κ1) is 13.8. The Morgan fingerprint density at radius 3 is 2.71 bits per heavy atom. The van der Waals surface area contributed by atoms with E-state index in [1.165, 1.54) is 4.68 Å². The number of nitrogens with zero attached hydrogens (tertiary/aromatic N) is 2. The van der Waals surface area contributed by atoms with Crippen molar-refractivity contribution >= 4 is 17.5 Å². The number of hydrogen-bond donors (Lipinski definition) is 1. The molecule has 0 fully saturated rings. The number of carbonyl (C=O) groups is 1. The number of aromatic nitrogens is 2. The highest BCUT2D eigenvalue weighted by molar-refractivity contribution is 6.31. The Kier molecular flexibility index (Phi) is 4.39. The Morgan fingerprint density at radius 2 is 2.24 bits per heavy atom. The van der Waals surface area contributed by atoms with E-state index < -0.39 is 12.1 Å². The van der Waals surface area contributed by atoms with E-state index in [1.54, 1.807) is 18.4 Å².